The Kier molecular flexibility index (Phi) is 4.50. The van der Waals surface area contributed by atoms with E-state index in [1.54, 1.807) is 0 Å². The molecule has 0 aliphatic rings. The number of hydrogen-bond donors (Lipinski definition) is 4. The molecule has 1 amide bonds. The average molecular weight is 255 g/mol. The van der Waals surface area contributed by atoms with Gasteiger partial charge in [-0.15, -0.1) is 0 Å². The molecule has 1 rings (SSSR count). The molecule has 0 saturated carbocycles. The molecule has 0 heterocycles. The largest absolute Gasteiger partial charge is 0.507 e. The SMILES string of the molecule is COc1ccc(O)c(C(=O)N[C@@H](CO)C(=O)O)c1. The fourth-order valence-electron chi connectivity index (χ4n) is 1.25. The van der Waals surface area contributed by atoms with E-state index in [1.807, 2.05) is 0 Å². The third-order valence-corrected chi connectivity index (χ3v) is 2.23. The van der Waals surface area contributed by atoms with Gasteiger partial charge in [0.1, 0.15) is 11.5 Å². The maximum Gasteiger partial charge on any atom is 0.328 e. The molecule has 7 nitrogen and oxygen atoms in total. The number of benzene rings is 1. The second kappa shape index (κ2) is 5.87. The highest BCUT2D eigenvalue weighted by Crippen LogP contribution is 2.22. The number of aliphatic hydroxyl groups is 1. The van der Waals surface area contributed by atoms with Crippen molar-refractivity contribution in [2.24, 2.45) is 0 Å². The van der Waals surface area contributed by atoms with Crippen LogP contribution in [0.4, 0.5) is 0 Å². The first-order valence-electron chi connectivity index (χ1n) is 5.01. The third kappa shape index (κ3) is 3.11. The lowest BCUT2D eigenvalue weighted by Gasteiger charge is -2.12. The number of carboxylic acids is 1. The number of aliphatic carboxylic acids is 1. The monoisotopic (exact) mass is 255 g/mol. The molecule has 4 N–H and O–H groups in total. The molecular formula is C11H13NO6. The molecule has 0 radical (unpaired) electrons. The Morgan fingerprint density at radius 3 is 2.61 bits per heavy atom. The van der Waals surface area contributed by atoms with Gasteiger partial charge in [-0.1, -0.05) is 0 Å². The zero-order chi connectivity index (χ0) is 13.7. The number of amides is 1. The van der Waals surface area contributed by atoms with Gasteiger partial charge in [0.15, 0.2) is 6.04 Å². The van der Waals surface area contributed by atoms with Gasteiger partial charge in [0.2, 0.25) is 0 Å². The molecule has 0 aliphatic heterocycles. The summed E-state index contributed by atoms with van der Waals surface area (Å²) in [7, 11) is 1.39. The Balaban J connectivity index is 2.93. The predicted octanol–water partition coefficient (Wildman–Crippen LogP) is -0.424. The van der Waals surface area contributed by atoms with Crippen LogP contribution in [0.15, 0.2) is 18.2 Å². The second-order valence-corrected chi connectivity index (χ2v) is 3.43. The smallest absolute Gasteiger partial charge is 0.328 e. The van der Waals surface area contributed by atoms with Crippen molar-refractivity contribution < 1.29 is 29.6 Å². The quantitative estimate of drug-likeness (QED) is 0.567. The summed E-state index contributed by atoms with van der Waals surface area (Å²) in [5.74, 6) is -2.15. The third-order valence-electron chi connectivity index (χ3n) is 2.23. The van der Waals surface area contributed by atoms with Gasteiger partial charge in [-0.3, -0.25) is 4.79 Å². The van der Waals surface area contributed by atoms with Crippen LogP contribution < -0.4 is 10.1 Å². The van der Waals surface area contributed by atoms with E-state index in [4.69, 9.17) is 14.9 Å². The molecule has 0 spiro atoms. The maximum atomic E-state index is 11.7. The lowest BCUT2D eigenvalue weighted by atomic mass is 10.1. The van der Waals surface area contributed by atoms with E-state index >= 15 is 0 Å². The zero-order valence-electron chi connectivity index (χ0n) is 9.58. The average Bonchev–Trinajstić information content (AvgIpc) is 2.35. The van der Waals surface area contributed by atoms with E-state index in [0.29, 0.717) is 5.75 Å². The number of hydrogen-bond acceptors (Lipinski definition) is 5. The summed E-state index contributed by atoms with van der Waals surface area (Å²) in [4.78, 5) is 22.3. The van der Waals surface area contributed by atoms with Gasteiger partial charge in [-0.05, 0) is 18.2 Å². The van der Waals surface area contributed by atoms with Crippen LogP contribution in [0.5, 0.6) is 11.5 Å². The first-order chi connectivity index (χ1) is 8.49. The van der Waals surface area contributed by atoms with Crippen molar-refractivity contribution in [3.05, 3.63) is 23.8 Å². The molecule has 98 valence electrons. The van der Waals surface area contributed by atoms with Crippen LogP contribution in [0, 0.1) is 0 Å². The summed E-state index contributed by atoms with van der Waals surface area (Å²) >= 11 is 0. The van der Waals surface area contributed by atoms with E-state index in [9.17, 15) is 14.7 Å². The Morgan fingerprint density at radius 1 is 1.44 bits per heavy atom. The number of phenols is 1. The predicted molar refractivity (Wildman–Crippen MR) is 60.6 cm³/mol. The molecular weight excluding hydrogens is 242 g/mol. The Morgan fingerprint density at radius 2 is 2.11 bits per heavy atom. The number of aliphatic hydroxyl groups excluding tert-OH is 1. The molecule has 0 fully saturated rings. The van der Waals surface area contributed by atoms with Crippen LogP contribution in [-0.4, -0.2) is 47.0 Å². The number of methoxy groups -OCH3 is 1. The molecule has 0 unspecified atom stereocenters. The van der Waals surface area contributed by atoms with Crippen molar-refractivity contribution in [3.63, 3.8) is 0 Å². The molecule has 0 aromatic heterocycles. The second-order valence-electron chi connectivity index (χ2n) is 3.43. The van der Waals surface area contributed by atoms with Gasteiger partial charge in [-0.2, -0.15) is 0 Å². The minimum atomic E-state index is -1.43. The van der Waals surface area contributed by atoms with E-state index in [2.05, 4.69) is 5.32 Å². The lowest BCUT2D eigenvalue weighted by molar-refractivity contribution is -0.140. The minimum absolute atomic E-state index is 0.131. The Bertz CT molecular complexity index is 459. The number of phenolic OH excluding ortho intramolecular Hbond substituents is 1. The summed E-state index contributed by atoms with van der Waals surface area (Å²) in [5, 5.41) is 29.0. The standard InChI is InChI=1S/C11H13NO6/c1-18-6-2-3-9(14)7(4-6)10(15)12-8(5-13)11(16)17/h2-4,8,13-14H,5H2,1H3,(H,12,15)(H,16,17)/t8-/m0/s1. The molecule has 1 atom stereocenters. The van der Waals surface area contributed by atoms with Crippen molar-refractivity contribution >= 4 is 11.9 Å². The summed E-state index contributed by atoms with van der Waals surface area (Å²) in [6, 6.07) is 2.54. The van der Waals surface area contributed by atoms with Crippen molar-refractivity contribution in [2.75, 3.05) is 13.7 Å². The van der Waals surface area contributed by atoms with E-state index in [0.717, 1.165) is 0 Å². The molecule has 18 heavy (non-hydrogen) atoms. The number of rotatable bonds is 5. The van der Waals surface area contributed by atoms with Crippen LogP contribution in [0.25, 0.3) is 0 Å². The Hall–Kier alpha value is -2.28. The Labute approximate surface area is 103 Å². The van der Waals surface area contributed by atoms with Crippen LogP contribution in [-0.2, 0) is 4.79 Å². The van der Waals surface area contributed by atoms with Crippen molar-refractivity contribution in [1.82, 2.24) is 5.32 Å². The highest BCUT2D eigenvalue weighted by atomic mass is 16.5. The minimum Gasteiger partial charge on any atom is -0.507 e. The van der Waals surface area contributed by atoms with Crippen molar-refractivity contribution in [1.29, 1.82) is 0 Å². The van der Waals surface area contributed by atoms with Crippen LogP contribution >= 0.6 is 0 Å². The molecule has 1 aromatic rings. The number of aromatic hydroxyl groups is 1. The number of carbonyl (C=O) groups excluding carboxylic acids is 1. The van der Waals surface area contributed by atoms with E-state index < -0.39 is 24.5 Å². The van der Waals surface area contributed by atoms with Crippen molar-refractivity contribution in [2.45, 2.75) is 6.04 Å². The van der Waals surface area contributed by atoms with E-state index in [1.165, 1.54) is 25.3 Å². The number of nitrogens with one attached hydrogen (secondary N) is 1. The summed E-state index contributed by atoms with van der Waals surface area (Å²) < 4.78 is 4.88. The van der Waals surface area contributed by atoms with Gasteiger partial charge >= 0.3 is 5.97 Å². The summed E-state index contributed by atoms with van der Waals surface area (Å²) in [6.45, 7) is -0.744. The highest BCUT2D eigenvalue weighted by molar-refractivity contribution is 5.99. The number of carbonyl (C=O) groups is 2. The highest BCUT2D eigenvalue weighted by Gasteiger charge is 2.21. The normalized spacial score (nSPS) is 11.7. The van der Waals surface area contributed by atoms with Gasteiger partial charge in [0, 0.05) is 0 Å². The topological polar surface area (TPSA) is 116 Å². The van der Waals surface area contributed by atoms with E-state index in [-0.39, 0.29) is 11.3 Å². The van der Waals surface area contributed by atoms with Gasteiger partial charge < -0.3 is 25.4 Å². The molecule has 1 aromatic carbocycles. The van der Waals surface area contributed by atoms with Crippen LogP contribution in [0.2, 0.25) is 0 Å². The first kappa shape index (κ1) is 13.8. The maximum absolute atomic E-state index is 11.7. The molecule has 0 saturated heterocycles. The summed E-state index contributed by atoms with van der Waals surface area (Å²) in [5.41, 5.74) is -0.131. The zero-order valence-corrected chi connectivity index (χ0v) is 9.58. The van der Waals surface area contributed by atoms with Crippen LogP contribution in [0.3, 0.4) is 0 Å². The molecule has 0 bridgehead atoms. The molecule has 7 heteroatoms. The van der Waals surface area contributed by atoms with Crippen LogP contribution in [0.1, 0.15) is 10.4 Å². The first-order valence-corrected chi connectivity index (χ1v) is 5.01. The summed E-state index contributed by atoms with van der Waals surface area (Å²) in [6.07, 6.45) is 0. The fourth-order valence-corrected chi connectivity index (χ4v) is 1.25. The molecule has 0 aliphatic carbocycles. The van der Waals surface area contributed by atoms with Gasteiger partial charge in [0.25, 0.3) is 5.91 Å². The van der Waals surface area contributed by atoms with Gasteiger partial charge in [-0.25, -0.2) is 4.79 Å². The lowest BCUT2D eigenvalue weighted by Crippen LogP contribution is -2.43. The number of carboxylic acid groups (broad SMARTS) is 1. The number of ether oxygens (including phenoxy) is 1. The van der Waals surface area contributed by atoms with Crippen molar-refractivity contribution in [3.8, 4) is 11.5 Å². The fraction of sp³-hybridized carbons (Fsp3) is 0.273. The van der Waals surface area contributed by atoms with Gasteiger partial charge in [0.05, 0.1) is 19.3 Å².